The Kier molecular flexibility index (Phi) is 13.3. The summed E-state index contributed by atoms with van der Waals surface area (Å²) in [4.78, 5) is 48.9. The van der Waals surface area contributed by atoms with Gasteiger partial charge in [0.25, 0.3) is 0 Å². The Labute approximate surface area is 182 Å². The van der Waals surface area contributed by atoms with Gasteiger partial charge in [-0.05, 0) is 36.7 Å². The van der Waals surface area contributed by atoms with Crippen molar-refractivity contribution in [2.24, 2.45) is 17.6 Å². The van der Waals surface area contributed by atoms with E-state index in [9.17, 15) is 24.3 Å². The summed E-state index contributed by atoms with van der Waals surface area (Å²) in [6, 6.07) is -4.14. The second-order valence-corrected chi connectivity index (χ2v) is 8.88. The molecule has 0 aromatic carbocycles. The fourth-order valence-corrected chi connectivity index (χ4v) is 3.08. The number of aliphatic hydroxyl groups is 1. The molecule has 7 N–H and O–H groups in total. The minimum Gasteiger partial charge on any atom is -0.480 e. The van der Waals surface area contributed by atoms with Crippen LogP contribution in [0.2, 0.25) is 0 Å². The number of nitrogens with two attached hydrogens (primary N) is 1. The number of carbonyl (C=O) groups excluding carboxylic acids is 3. The van der Waals surface area contributed by atoms with Gasteiger partial charge >= 0.3 is 5.97 Å². The number of carbonyl (C=O) groups is 4. The molecule has 4 unspecified atom stereocenters. The fourth-order valence-electron chi connectivity index (χ4n) is 2.61. The second-order valence-electron chi connectivity index (χ2n) is 7.89. The Balaban J connectivity index is 5.40. The van der Waals surface area contributed by atoms with Crippen molar-refractivity contribution in [2.45, 2.75) is 64.7 Å². The van der Waals surface area contributed by atoms with E-state index < -0.39 is 54.5 Å². The van der Waals surface area contributed by atoms with Crippen LogP contribution in [-0.2, 0) is 19.2 Å². The molecule has 0 rings (SSSR count). The van der Waals surface area contributed by atoms with Crippen LogP contribution in [-0.4, -0.2) is 76.7 Å². The number of amides is 3. The minimum absolute atomic E-state index is 0.0467. The van der Waals surface area contributed by atoms with Crippen LogP contribution in [0.25, 0.3) is 0 Å². The largest absolute Gasteiger partial charge is 0.480 e. The molecule has 0 spiro atoms. The van der Waals surface area contributed by atoms with Crippen LogP contribution < -0.4 is 21.7 Å². The number of hydrogen-bond donors (Lipinski definition) is 6. The van der Waals surface area contributed by atoms with Gasteiger partial charge in [0, 0.05) is 0 Å². The van der Waals surface area contributed by atoms with Gasteiger partial charge in [0.05, 0.1) is 6.61 Å². The highest BCUT2D eigenvalue weighted by Gasteiger charge is 2.31. The Morgan fingerprint density at radius 3 is 1.90 bits per heavy atom. The molecule has 0 saturated heterocycles. The molecule has 0 aromatic heterocycles. The van der Waals surface area contributed by atoms with E-state index in [0.29, 0.717) is 18.6 Å². The van der Waals surface area contributed by atoms with Crippen LogP contribution in [0.3, 0.4) is 0 Å². The van der Waals surface area contributed by atoms with Crippen molar-refractivity contribution in [2.75, 3.05) is 18.6 Å². The van der Waals surface area contributed by atoms with Crippen LogP contribution in [0.15, 0.2) is 0 Å². The van der Waals surface area contributed by atoms with Crippen LogP contribution in [0.5, 0.6) is 0 Å². The van der Waals surface area contributed by atoms with Crippen LogP contribution in [0.4, 0.5) is 0 Å². The highest BCUT2D eigenvalue weighted by molar-refractivity contribution is 7.98. The van der Waals surface area contributed by atoms with Gasteiger partial charge in [-0.1, -0.05) is 27.7 Å². The predicted octanol–water partition coefficient (Wildman–Crippen LogP) is -0.700. The number of aliphatic carboxylic acids is 1. The van der Waals surface area contributed by atoms with E-state index >= 15 is 0 Å². The SMILES string of the molecule is CSCCC(NC(=O)C(N)CO)C(=O)NC(CC(C)C)C(=O)NC(C(=O)O)C(C)C. The average molecular weight is 449 g/mol. The highest BCUT2D eigenvalue weighted by Crippen LogP contribution is 2.09. The van der Waals surface area contributed by atoms with Crippen molar-refractivity contribution in [1.82, 2.24) is 16.0 Å². The summed E-state index contributed by atoms with van der Waals surface area (Å²) >= 11 is 1.48. The zero-order valence-electron chi connectivity index (χ0n) is 18.3. The molecule has 0 heterocycles. The van der Waals surface area contributed by atoms with Gasteiger partial charge in [0.2, 0.25) is 17.7 Å². The maximum absolute atomic E-state index is 12.8. The van der Waals surface area contributed by atoms with Gasteiger partial charge in [-0.25, -0.2) is 4.79 Å². The molecule has 4 atom stereocenters. The lowest BCUT2D eigenvalue weighted by Gasteiger charge is -2.26. The molecule has 3 amide bonds. The van der Waals surface area contributed by atoms with Crippen molar-refractivity contribution >= 4 is 35.5 Å². The third-order valence-electron chi connectivity index (χ3n) is 4.35. The molecule has 10 nitrogen and oxygen atoms in total. The molecule has 0 radical (unpaired) electrons. The third kappa shape index (κ3) is 10.3. The first kappa shape index (κ1) is 28.1. The second kappa shape index (κ2) is 14.2. The highest BCUT2D eigenvalue weighted by atomic mass is 32.2. The number of carboxylic acid groups (broad SMARTS) is 1. The van der Waals surface area contributed by atoms with Crippen LogP contribution in [0.1, 0.15) is 40.5 Å². The molecular formula is C19H36N4O6S. The van der Waals surface area contributed by atoms with E-state index in [1.54, 1.807) is 13.8 Å². The van der Waals surface area contributed by atoms with Gasteiger partial charge in [0.1, 0.15) is 24.2 Å². The molecule has 0 aliphatic carbocycles. The van der Waals surface area contributed by atoms with Crippen molar-refractivity contribution in [1.29, 1.82) is 0 Å². The van der Waals surface area contributed by atoms with Crippen molar-refractivity contribution in [3.05, 3.63) is 0 Å². The van der Waals surface area contributed by atoms with Crippen LogP contribution in [0, 0.1) is 11.8 Å². The topological polar surface area (TPSA) is 171 Å². The summed E-state index contributed by atoms with van der Waals surface area (Å²) in [5, 5.41) is 26.0. The first-order chi connectivity index (χ1) is 13.9. The van der Waals surface area contributed by atoms with Crippen molar-refractivity contribution in [3.8, 4) is 0 Å². The van der Waals surface area contributed by atoms with E-state index in [2.05, 4.69) is 16.0 Å². The number of hydrogen-bond acceptors (Lipinski definition) is 7. The molecule has 30 heavy (non-hydrogen) atoms. The molecular weight excluding hydrogens is 412 g/mol. The molecule has 0 aromatic rings. The fraction of sp³-hybridized carbons (Fsp3) is 0.789. The van der Waals surface area contributed by atoms with Crippen molar-refractivity contribution < 1.29 is 29.4 Å². The van der Waals surface area contributed by atoms with Crippen LogP contribution >= 0.6 is 11.8 Å². The van der Waals surface area contributed by atoms with Gasteiger partial charge in [-0.3, -0.25) is 14.4 Å². The Morgan fingerprint density at radius 2 is 1.47 bits per heavy atom. The smallest absolute Gasteiger partial charge is 0.326 e. The van der Waals surface area contributed by atoms with Gasteiger partial charge in [0.15, 0.2) is 0 Å². The third-order valence-corrected chi connectivity index (χ3v) is 4.99. The molecule has 11 heteroatoms. The van der Waals surface area contributed by atoms with E-state index in [-0.39, 0.29) is 11.8 Å². The van der Waals surface area contributed by atoms with Crippen molar-refractivity contribution in [3.63, 3.8) is 0 Å². The predicted molar refractivity (Wildman–Crippen MR) is 116 cm³/mol. The van der Waals surface area contributed by atoms with E-state index in [1.165, 1.54) is 11.8 Å². The molecule has 0 saturated carbocycles. The molecule has 0 aliphatic heterocycles. The lowest BCUT2D eigenvalue weighted by molar-refractivity contribution is -0.143. The maximum atomic E-state index is 12.8. The zero-order chi connectivity index (χ0) is 23.4. The average Bonchev–Trinajstić information content (AvgIpc) is 2.66. The Morgan fingerprint density at radius 1 is 0.933 bits per heavy atom. The van der Waals surface area contributed by atoms with Gasteiger partial charge in [-0.2, -0.15) is 11.8 Å². The lowest BCUT2D eigenvalue weighted by Crippen LogP contribution is -2.58. The standard InChI is InChI=1S/C19H36N4O6S/c1-10(2)8-14(18(27)23-15(11(3)4)19(28)29)22-17(26)13(6-7-30-5)21-16(25)12(20)9-24/h10-15,24H,6-9,20H2,1-5H3,(H,21,25)(H,22,26)(H,23,27)(H,28,29). The monoisotopic (exact) mass is 448 g/mol. The quantitative estimate of drug-likeness (QED) is 0.202. The van der Waals surface area contributed by atoms with E-state index in [0.717, 1.165) is 0 Å². The molecule has 0 fully saturated rings. The van der Waals surface area contributed by atoms with Gasteiger partial charge in [-0.15, -0.1) is 0 Å². The summed E-state index contributed by atoms with van der Waals surface area (Å²) in [7, 11) is 0. The summed E-state index contributed by atoms with van der Waals surface area (Å²) in [6.45, 7) is 6.53. The van der Waals surface area contributed by atoms with E-state index in [1.807, 2.05) is 20.1 Å². The molecule has 0 bridgehead atoms. The zero-order valence-corrected chi connectivity index (χ0v) is 19.1. The Hall–Kier alpha value is -1.85. The minimum atomic E-state index is -1.16. The number of aliphatic hydroxyl groups excluding tert-OH is 1. The summed E-state index contributed by atoms with van der Waals surface area (Å²) < 4.78 is 0. The molecule has 174 valence electrons. The first-order valence-corrected chi connectivity index (χ1v) is 11.3. The number of nitrogens with one attached hydrogen (secondary N) is 3. The summed E-state index contributed by atoms with van der Waals surface area (Å²) in [5.74, 6) is -2.71. The molecule has 0 aliphatic rings. The summed E-state index contributed by atoms with van der Waals surface area (Å²) in [5.41, 5.74) is 5.50. The Bertz CT molecular complexity index is 587. The lowest BCUT2D eigenvalue weighted by atomic mass is 10.00. The maximum Gasteiger partial charge on any atom is 0.326 e. The van der Waals surface area contributed by atoms with Gasteiger partial charge < -0.3 is 31.9 Å². The number of thioether (sulfide) groups is 1. The first-order valence-electron chi connectivity index (χ1n) is 9.93. The van der Waals surface area contributed by atoms with E-state index in [4.69, 9.17) is 10.8 Å². The summed E-state index contributed by atoms with van der Waals surface area (Å²) in [6.07, 6.45) is 2.45. The normalized spacial score (nSPS) is 15.2. The number of rotatable bonds is 14. The number of carboxylic acids is 1.